The van der Waals surface area contributed by atoms with Crippen molar-refractivity contribution in [2.45, 2.75) is 11.4 Å². The van der Waals surface area contributed by atoms with Crippen molar-refractivity contribution >= 4 is 44.8 Å². The first kappa shape index (κ1) is 23.0. The fourth-order valence-corrected chi connectivity index (χ4v) is 4.90. The number of likely N-dealkylation sites (N-methyl/N-ethyl adjacent to an activating group) is 1. The first-order valence-corrected chi connectivity index (χ1v) is 11.6. The number of anilines is 1. The van der Waals surface area contributed by atoms with E-state index in [2.05, 4.69) is 5.32 Å². The van der Waals surface area contributed by atoms with Gasteiger partial charge in [-0.3, -0.25) is 9.69 Å². The standard InChI is InChI=1S/C20H23Cl2N3O4S/c1-24(13-15-3-2-4-18(21)20(15)22)14-19(26)23-16-5-7-17(8-6-16)30(27,28)25-9-11-29-12-10-25/h2-8H,9-14H2,1H3,(H,23,26). The van der Waals surface area contributed by atoms with Crippen molar-refractivity contribution in [3.05, 3.63) is 58.1 Å². The van der Waals surface area contributed by atoms with Gasteiger partial charge in [-0.15, -0.1) is 0 Å². The number of benzene rings is 2. The van der Waals surface area contributed by atoms with E-state index in [0.29, 0.717) is 48.6 Å². The van der Waals surface area contributed by atoms with Crippen molar-refractivity contribution in [2.75, 3.05) is 45.2 Å². The number of carbonyl (C=O) groups is 1. The molecule has 1 amide bonds. The molecule has 0 bridgehead atoms. The van der Waals surface area contributed by atoms with Gasteiger partial charge in [0.15, 0.2) is 0 Å². The van der Waals surface area contributed by atoms with Crippen molar-refractivity contribution in [3.8, 4) is 0 Å². The Morgan fingerprint density at radius 1 is 1.13 bits per heavy atom. The molecule has 2 aromatic rings. The minimum absolute atomic E-state index is 0.136. The molecule has 162 valence electrons. The van der Waals surface area contributed by atoms with Gasteiger partial charge in [-0.1, -0.05) is 35.3 Å². The quantitative estimate of drug-likeness (QED) is 0.670. The number of ether oxygens (including phenoxy) is 1. The Hall–Kier alpha value is -1.68. The Balaban J connectivity index is 1.57. The summed E-state index contributed by atoms with van der Waals surface area (Å²) in [6, 6.07) is 11.5. The maximum atomic E-state index is 12.6. The van der Waals surface area contributed by atoms with E-state index < -0.39 is 10.0 Å². The lowest BCUT2D eigenvalue weighted by Crippen LogP contribution is -2.40. The van der Waals surface area contributed by atoms with Crippen LogP contribution in [-0.4, -0.2) is 63.4 Å². The first-order chi connectivity index (χ1) is 14.3. The van der Waals surface area contributed by atoms with E-state index in [0.717, 1.165) is 5.56 Å². The number of hydrogen-bond donors (Lipinski definition) is 1. The number of halogens is 2. The largest absolute Gasteiger partial charge is 0.379 e. The molecule has 0 unspecified atom stereocenters. The van der Waals surface area contributed by atoms with Gasteiger partial charge >= 0.3 is 0 Å². The maximum Gasteiger partial charge on any atom is 0.243 e. The molecule has 0 aliphatic carbocycles. The average Bonchev–Trinajstić information content (AvgIpc) is 2.72. The summed E-state index contributed by atoms with van der Waals surface area (Å²) in [7, 11) is -1.76. The van der Waals surface area contributed by atoms with E-state index in [9.17, 15) is 13.2 Å². The van der Waals surface area contributed by atoms with E-state index in [-0.39, 0.29) is 17.3 Å². The van der Waals surface area contributed by atoms with E-state index in [4.69, 9.17) is 27.9 Å². The predicted molar refractivity (Wildman–Crippen MR) is 117 cm³/mol. The topological polar surface area (TPSA) is 79.0 Å². The molecule has 7 nitrogen and oxygen atoms in total. The van der Waals surface area contributed by atoms with Crippen LogP contribution in [0, 0.1) is 0 Å². The van der Waals surface area contributed by atoms with Crippen LogP contribution in [-0.2, 0) is 26.1 Å². The SMILES string of the molecule is CN(CC(=O)Nc1ccc(S(=O)(=O)N2CCOCC2)cc1)Cc1cccc(Cl)c1Cl. The van der Waals surface area contributed by atoms with Crippen molar-refractivity contribution in [2.24, 2.45) is 0 Å². The Morgan fingerprint density at radius 3 is 2.47 bits per heavy atom. The number of sulfonamides is 1. The van der Waals surface area contributed by atoms with Crippen LogP contribution in [0.1, 0.15) is 5.56 Å². The van der Waals surface area contributed by atoms with Gasteiger partial charge in [-0.25, -0.2) is 8.42 Å². The van der Waals surface area contributed by atoms with Crippen LogP contribution in [0.2, 0.25) is 10.0 Å². The molecular weight excluding hydrogens is 449 g/mol. The summed E-state index contributed by atoms with van der Waals surface area (Å²) in [4.78, 5) is 14.3. The molecule has 1 aliphatic rings. The highest BCUT2D eigenvalue weighted by Gasteiger charge is 2.26. The van der Waals surface area contributed by atoms with Crippen LogP contribution in [0.4, 0.5) is 5.69 Å². The molecule has 30 heavy (non-hydrogen) atoms. The molecule has 1 fully saturated rings. The van der Waals surface area contributed by atoms with Crippen molar-refractivity contribution < 1.29 is 17.9 Å². The molecule has 0 spiro atoms. The van der Waals surface area contributed by atoms with Crippen LogP contribution in [0.15, 0.2) is 47.4 Å². The lowest BCUT2D eigenvalue weighted by atomic mass is 10.2. The molecule has 0 saturated carbocycles. The molecule has 1 aliphatic heterocycles. The van der Waals surface area contributed by atoms with Gasteiger partial charge in [0.05, 0.1) is 34.7 Å². The van der Waals surface area contributed by atoms with Crippen LogP contribution in [0.3, 0.4) is 0 Å². The normalized spacial score (nSPS) is 15.3. The Kier molecular flexibility index (Phi) is 7.73. The highest BCUT2D eigenvalue weighted by Crippen LogP contribution is 2.26. The number of hydrogen-bond acceptors (Lipinski definition) is 5. The number of carbonyl (C=O) groups excluding carboxylic acids is 1. The zero-order chi connectivity index (χ0) is 21.7. The van der Waals surface area contributed by atoms with Crippen LogP contribution < -0.4 is 5.32 Å². The molecule has 10 heteroatoms. The van der Waals surface area contributed by atoms with E-state index in [1.54, 1.807) is 25.2 Å². The molecule has 0 aromatic heterocycles. The van der Waals surface area contributed by atoms with Gasteiger partial charge in [-0.2, -0.15) is 4.31 Å². The summed E-state index contributed by atoms with van der Waals surface area (Å²) in [5.41, 5.74) is 1.35. The zero-order valence-corrected chi connectivity index (χ0v) is 18.8. The third kappa shape index (κ3) is 5.72. The van der Waals surface area contributed by atoms with Crippen LogP contribution in [0.25, 0.3) is 0 Å². The molecule has 3 rings (SSSR count). The number of rotatable bonds is 7. The fourth-order valence-electron chi connectivity index (χ4n) is 3.11. The molecule has 0 atom stereocenters. The third-order valence-electron chi connectivity index (χ3n) is 4.63. The highest BCUT2D eigenvalue weighted by atomic mass is 35.5. The summed E-state index contributed by atoms with van der Waals surface area (Å²) >= 11 is 12.2. The highest BCUT2D eigenvalue weighted by molar-refractivity contribution is 7.89. The van der Waals surface area contributed by atoms with Gasteiger partial charge in [0.2, 0.25) is 15.9 Å². The predicted octanol–water partition coefficient (Wildman–Crippen LogP) is 3.08. The van der Waals surface area contributed by atoms with E-state index in [1.165, 1.54) is 16.4 Å². The number of amides is 1. The summed E-state index contributed by atoms with van der Waals surface area (Å²) in [6.07, 6.45) is 0. The van der Waals surface area contributed by atoms with Crippen molar-refractivity contribution in [3.63, 3.8) is 0 Å². The molecule has 1 heterocycles. The van der Waals surface area contributed by atoms with Gasteiger partial charge in [0.25, 0.3) is 0 Å². The summed E-state index contributed by atoms with van der Waals surface area (Å²) < 4.78 is 31.9. The van der Waals surface area contributed by atoms with Gasteiger partial charge < -0.3 is 10.1 Å². The number of morpholine rings is 1. The second-order valence-corrected chi connectivity index (χ2v) is 9.70. The summed E-state index contributed by atoms with van der Waals surface area (Å²) in [5.74, 6) is -0.223. The van der Waals surface area contributed by atoms with Gasteiger partial charge in [-0.05, 0) is 42.9 Å². The monoisotopic (exact) mass is 471 g/mol. The lowest BCUT2D eigenvalue weighted by molar-refractivity contribution is -0.117. The second kappa shape index (κ2) is 10.1. The summed E-state index contributed by atoms with van der Waals surface area (Å²) in [5, 5.41) is 3.72. The third-order valence-corrected chi connectivity index (χ3v) is 7.40. The fraction of sp³-hybridized carbons (Fsp3) is 0.350. The minimum atomic E-state index is -3.56. The van der Waals surface area contributed by atoms with E-state index >= 15 is 0 Å². The Morgan fingerprint density at radius 2 is 1.80 bits per heavy atom. The minimum Gasteiger partial charge on any atom is -0.379 e. The number of nitrogens with zero attached hydrogens (tertiary/aromatic N) is 2. The molecule has 0 radical (unpaired) electrons. The second-order valence-electron chi connectivity index (χ2n) is 6.97. The van der Waals surface area contributed by atoms with Crippen molar-refractivity contribution in [1.82, 2.24) is 9.21 Å². The molecular formula is C20H23Cl2N3O4S. The van der Waals surface area contributed by atoms with E-state index in [1.807, 2.05) is 17.0 Å². The lowest BCUT2D eigenvalue weighted by Gasteiger charge is -2.26. The van der Waals surface area contributed by atoms with Crippen LogP contribution >= 0.6 is 23.2 Å². The number of nitrogens with one attached hydrogen (secondary N) is 1. The first-order valence-electron chi connectivity index (χ1n) is 9.36. The molecule has 1 saturated heterocycles. The smallest absolute Gasteiger partial charge is 0.243 e. The Labute approximate surface area is 186 Å². The summed E-state index contributed by atoms with van der Waals surface area (Å²) in [6.45, 7) is 2.05. The average molecular weight is 472 g/mol. The van der Waals surface area contributed by atoms with Gasteiger partial charge in [0.1, 0.15) is 0 Å². The van der Waals surface area contributed by atoms with Crippen LogP contribution in [0.5, 0.6) is 0 Å². The molecule has 1 N–H and O–H groups in total. The Bertz CT molecular complexity index is 994. The van der Waals surface area contributed by atoms with Crippen molar-refractivity contribution in [1.29, 1.82) is 0 Å². The maximum absolute atomic E-state index is 12.6. The zero-order valence-electron chi connectivity index (χ0n) is 16.5. The molecule has 2 aromatic carbocycles. The van der Waals surface area contributed by atoms with Gasteiger partial charge in [0, 0.05) is 25.3 Å².